The Bertz CT molecular complexity index is 794. The SMILES string of the molecule is COc1cc(C#N)ccc1OC(=O)C(NC(=O)c1cccs1)C(C)C. The van der Waals surface area contributed by atoms with Crippen LogP contribution in [0.2, 0.25) is 0 Å². The van der Waals surface area contributed by atoms with E-state index < -0.39 is 12.0 Å². The Balaban J connectivity index is 2.16. The number of hydrogen-bond donors (Lipinski definition) is 1. The molecule has 2 rings (SSSR count). The summed E-state index contributed by atoms with van der Waals surface area (Å²) in [6.45, 7) is 3.63. The highest BCUT2D eigenvalue weighted by molar-refractivity contribution is 7.12. The van der Waals surface area contributed by atoms with Crippen molar-refractivity contribution in [3.8, 4) is 17.6 Å². The molecular weight excluding hydrogens is 340 g/mol. The largest absolute Gasteiger partial charge is 0.493 e. The number of carbonyl (C=O) groups excluding carboxylic acids is 2. The van der Waals surface area contributed by atoms with Crippen LogP contribution in [0.5, 0.6) is 11.5 Å². The Hall–Kier alpha value is -2.85. The predicted molar refractivity (Wildman–Crippen MR) is 93.8 cm³/mol. The van der Waals surface area contributed by atoms with Gasteiger partial charge in [0.05, 0.1) is 23.6 Å². The Labute approximate surface area is 150 Å². The molecule has 2 aromatic rings. The van der Waals surface area contributed by atoms with Gasteiger partial charge in [0, 0.05) is 6.07 Å². The Morgan fingerprint density at radius 1 is 1.24 bits per heavy atom. The second-order valence-corrected chi connectivity index (χ2v) is 6.52. The van der Waals surface area contributed by atoms with Crippen LogP contribution >= 0.6 is 11.3 Å². The molecule has 0 saturated carbocycles. The zero-order chi connectivity index (χ0) is 18.4. The zero-order valence-corrected chi connectivity index (χ0v) is 14.9. The van der Waals surface area contributed by atoms with Crippen LogP contribution in [0.1, 0.15) is 29.1 Å². The Morgan fingerprint density at radius 2 is 2.00 bits per heavy atom. The highest BCUT2D eigenvalue weighted by atomic mass is 32.1. The van der Waals surface area contributed by atoms with Crippen LogP contribution in [0.4, 0.5) is 0 Å². The summed E-state index contributed by atoms with van der Waals surface area (Å²) < 4.78 is 10.5. The number of ether oxygens (including phenoxy) is 2. The van der Waals surface area contributed by atoms with Crippen molar-refractivity contribution in [1.82, 2.24) is 5.32 Å². The lowest BCUT2D eigenvalue weighted by Gasteiger charge is -2.21. The van der Waals surface area contributed by atoms with Gasteiger partial charge < -0.3 is 14.8 Å². The maximum absolute atomic E-state index is 12.5. The molecule has 0 radical (unpaired) electrons. The van der Waals surface area contributed by atoms with Crippen molar-refractivity contribution in [2.24, 2.45) is 5.92 Å². The van der Waals surface area contributed by atoms with Crippen molar-refractivity contribution >= 4 is 23.2 Å². The van der Waals surface area contributed by atoms with Crippen LogP contribution in [-0.2, 0) is 4.79 Å². The maximum Gasteiger partial charge on any atom is 0.334 e. The van der Waals surface area contributed by atoms with E-state index in [1.165, 1.54) is 36.6 Å². The molecule has 1 unspecified atom stereocenters. The number of nitrogens with zero attached hydrogens (tertiary/aromatic N) is 1. The highest BCUT2D eigenvalue weighted by Crippen LogP contribution is 2.28. The average Bonchev–Trinajstić information content (AvgIpc) is 3.14. The Kier molecular flexibility index (Phi) is 6.14. The molecule has 1 atom stereocenters. The van der Waals surface area contributed by atoms with Crippen molar-refractivity contribution < 1.29 is 19.1 Å². The van der Waals surface area contributed by atoms with Gasteiger partial charge in [0.15, 0.2) is 11.5 Å². The first-order valence-electron chi connectivity index (χ1n) is 7.60. The smallest absolute Gasteiger partial charge is 0.334 e. The minimum absolute atomic E-state index is 0.166. The van der Waals surface area contributed by atoms with E-state index in [0.29, 0.717) is 10.4 Å². The first-order chi connectivity index (χ1) is 12.0. The van der Waals surface area contributed by atoms with Crippen molar-refractivity contribution in [2.75, 3.05) is 7.11 Å². The van der Waals surface area contributed by atoms with Crippen molar-refractivity contribution in [3.05, 3.63) is 46.2 Å². The van der Waals surface area contributed by atoms with Crippen molar-refractivity contribution in [1.29, 1.82) is 5.26 Å². The van der Waals surface area contributed by atoms with Gasteiger partial charge in [-0.25, -0.2) is 4.79 Å². The summed E-state index contributed by atoms with van der Waals surface area (Å²) in [6.07, 6.45) is 0. The quantitative estimate of drug-likeness (QED) is 0.633. The number of nitriles is 1. The van der Waals surface area contributed by atoms with E-state index in [2.05, 4.69) is 5.32 Å². The molecule has 0 aliphatic rings. The summed E-state index contributed by atoms with van der Waals surface area (Å²) >= 11 is 1.30. The lowest BCUT2D eigenvalue weighted by Crippen LogP contribution is -2.46. The van der Waals surface area contributed by atoms with Crippen LogP contribution < -0.4 is 14.8 Å². The van der Waals surface area contributed by atoms with Gasteiger partial charge in [0.25, 0.3) is 5.91 Å². The van der Waals surface area contributed by atoms with Crippen LogP contribution in [0, 0.1) is 17.2 Å². The van der Waals surface area contributed by atoms with Gasteiger partial charge in [-0.1, -0.05) is 19.9 Å². The number of esters is 1. The van der Waals surface area contributed by atoms with Gasteiger partial charge >= 0.3 is 5.97 Å². The van der Waals surface area contributed by atoms with Crippen molar-refractivity contribution in [3.63, 3.8) is 0 Å². The molecule has 0 aliphatic carbocycles. The van der Waals surface area contributed by atoms with Gasteiger partial charge in [0.2, 0.25) is 0 Å². The van der Waals surface area contributed by atoms with Gasteiger partial charge in [-0.05, 0) is 29.5 Å². The van der Waals surface area contributed by atoms with Crippen molar-refractivity contribution in [2.45, 2.75) is 19.9 Å². The summed E-state index contributed by atoms with van der Waals surface area (Å²) in [6, 6.07) is 9.14. The predicted octanol–water partition coefficient (Wildman–Crippen LogP) is 2.99. The van der Waals surface area contributed by atoms with Crippen LogP contribution in [0.3, 0.4) is 0 Å². The number of hydrogen-bond acceptors (Lipinski definition) is 6. The third kappa shape index (κ3) is 4.58. The molecule has 1 amide bonds. The van der Waals surface area contributed by atoms with E-state index >= 15 is 0 Å². The van der Waals surface area contributed by atoms with E-state index in [9.17, 15) is 9.59 Å². The summed E-state index contributed by atoms with van der Waals surface area (Å²) in [4.78, 5) is 25.3. The lowest BCUT2D eigenvalue weighted by molar-refractivity contribution is -0.137. The fourth-order valence-electron chi connectivity index (χ4n) is 2.11. The summed E-state index contributed by atoms with van der Waals surface area (Å²) in [5, 5.41) is 13.4. The summed E-state index contributed by atoms with van der Waals surface area (Å²) in [7, 11) is 1.42. The third-order valence-electron chi connectivity index (χ3n) is 3.46. The molecule has 0 fully saturated rings. The highest BCUT2D eigenvalue weighted by Gasteiger charge is 2.27. The molecule has 7 heteroatoms. The summed E-state index contributed by atoms with van der Waals surface area (Å²) in [5.41, 5.74) is 0.392. The molecular formula is C18H18N2O4S. The monoisotopic (exact) mass is 358 g/mol. The van der Waals surface area contributed by atoms with Gasteiger partial charge in [-0.3, -0.25) is 4.79 Å². The number of benzene rings is 1. The molecule has 1 heterocycles. The number of amides is 1. The van der Waals surface area contributed by atoms with E-state index in [0.717, 1.165) is 0 Å². The van der Waals surface area contributed by atoms with Gasteiger partial charge in [-0.15, -0.1) is 11.3 Å². The fourth-order valence-corrected chi connectivity index (χ4v) is 2.74. The minimum Gasteiger partial charge on any atom is -0.493 e. The zero-order valence-electron chi connectivity index (χ0n) is 14.1. The standard InChI is InChI=1S/C18H18N2O4S/c1-11(2)16(20-17(21)15-5-4-8-25-15)18(22)24-13-7-6-12(10-19)9-14(13)23-3/h4-9,11,16H,1-3H3,(H,20,21). The second kappa shape index (κ2) is 8.31. The van der Waals surface area contributed by atoms with Gasteiger partial charge in [0.1, 0.15) is 6.04 Å². The van der Waals surface area contributed by atoms with Crippen LogP contribution in [-0.4, -0.2) is 25.0 Å². The molecule has 0 saturated heterocycles. The maximum atomic E-state index is 12.5. The first kappa shape index (κ1) is 18.5. The number of carbonyl (C=O) groups is 2. The molecule has 1 aromatic heterocycles. The van der Waals surface area contributed by atoms with Gasteiger partial charge in [-0.2, -0.15) is 5.26 Å². The molecule has 1 aromatic carbocycles. The summed E-state index contributed by atoms with van der Waals surface area (Å²) in [5.74, 6) is -0.608. The normalized spacial score (nSPS) is 11.5. The number of rotatable bonds is 6. The molecule has 0 spiro atoms. The van der Waals surface area contributed by atoms with E-state index in [1.54, 1.807) is 17.5 Å². The molecule has 0 bridgehead atoms. The molecule has 6 nitrogen and oxygen atoms in total. The topological polar surface area (TPSA) is 88.4 Å². The van der Waals surface area contributed by atoms with E-state index in [1.807, 2.05) is 19.9 Å². The lowest BCUT2D eigenvalue weighted by atomic mass is 10.0. The van der Waals surface area contributed by atoms with E-state index in [-0.39, 0.29) is 23.3 Å². The third-order valence-corrected chi connectivity index (χ3v) is 4.32. The van der Waals surface area contributed by atoms with Crippen LogP contribution in [0.15, 0.2) is 35.7 Å². The van der Waals surface area contributed by atoms with E-state index in [4.69, 9.17) is 14.7 Å². The number of thiophene rings is 1. The molecule has 1 N–H and O–H groups in total. The first-order valence-corrected chi connectivity index (χ1v) is 8.48. The number of methoxy groups -OCH3 is 1. The second-order valence-electron chi connectivity index (χ2n) is 5.57. The fraction of sp³-hybridized carbons (Fsp3) is 0.278. The minimum atomic E-state index is -0.810. The average molecular weight is 358 g/mol. The van der Waals surface area contributed by atoms with Crippen LogP contribution in [0.25, 0.3) is 0 Å². The molecule has 130 valence electrons. The number of nitrogens with one attached hydrogen (secondary N) is 1. The molecule has 0 aliphatic heterocycles. The Morgan fingerprint density at radius 3 is 2.56 bits per heavy atom. The molecule has 25 heavy (non-hydrogen) atoms.